The smallest absolute Gasteiger partial charge is 0.231 e. The molecule has 1 amide bonds. The lowest BCUT2D eigenvalue weighted by molar-refractivity contribution is -0.132. The molecule has 0 saturated carbocycles. The van der Waals surface area contributed by atoms with Crippen molar-refractivity contribution in [2.45, 2.75) is 26.3 Å². The average molecular weight is 473 g/mol. The van der Waals surface area contributed by atoms with Gasteiger partial charge in [-0.3, -0.25) is 4.79 Å². The zero-order chi connectivity index (χ0) is 21.7. The first-order valence-electron chi connectivity index (χ1n) is 10.4. The highest BCUT2D eigenvalue weighted by Gasteiger charge is 2.36. The highest BCUT2D eigenvalue weighted by atomic mass is 35.5. The second-order valence-electron chi connectivity index (χ2n) is 7.76. The summed E-state index contributed by atoms with van der Waals surface area (Å²) in [6.07, 6.45) is 0. The van der Waals surface area contributed by atoms with Crippen LogP contribution in [-0.2, 0) is 11.3 Å². The van der Waals surface area contributed by atoms with Crippen LogP contribution in [0, 0.1) is 0 Å². The van der Waals surface area contributed by atoms with Gasteiger partial charge in [-0.1, -0.05) is 34.5 Å². The van der Waals surface area contributed by atoms with Crippen LogP contribution in [-0.4, -0.2) is 40.4 Å². The summed E-state index contributed by atoms with van der Waals surface area (Å²) in [5.41, 5.74) is 4.04. The Hall–Kier alpha value is -2.28. The lowest BCUT2D eigenvalue weighted by Crippen LogP contribution is -2.43. The Morgan fingerprint density at radius 3 is 2.71 bits per heavy atom. The molecule has 160 valence electrons. The molecule has 1 aliphatic heterocycles. The highest BCUT2D eigenvalue weighted by molar-refractivity contribution is 7.22. The zero-order valence-corrected chi connectivity index (χ0v) is 19.6. The monoisotopic (exact) mass is 472 g/mol. The van der Waals surface area contributed by atoms with Crippen LogP contribution in [0.15, 0.2) is 36.4 Å². The Morgan fingerprint density at radius 1 is 1.19 bits per heavy atom. The number of benzene rings is 2. The lowest BCUT2D eigenvalue weighted by atomic mass is 9.90. The number of amides is 1. The minimum atomic E-state index is -0.286. The maximum Gasteiger partial charge on any atom is 0.231 e. The molecule has 31 heavy (non-hydrogen) atoms. The summed E-state index contributed by atoms with van der Waals surface area (Å²) >= 11 is 14.1. The first-order valence-corrected chi connectivity index (χ1v) is 12.0. The summed E-state index contributed by atoms with van der Waals surface area (Å²) in [5.74, 6) is -0.146. The molecule has 0 fully saturated rings. The average Bonchev–Trinajstić information content (AvgIpc) is 3.34. The molecule has 5 nitrogen and oxygen atoms in total. The van der Waals surface area contributed by atoms with Crippen LogP contribution in [0.25, 0.3) is 21.1 Å². The molecule has 2 aromatic heterocycles. The van der Waals surface area contributed by atoms with Gasteiger partial charge in [0.05, 0.1) is 22.7 Å². The number of nitrogens with one attached hydrogen (secondary N) is 1. The van der Waals surface area contributed by atoms with Crippen molar-refractivity contribution >= 4 is 66.7 Å². The second kappa shape index (κ2) is 8.01. The molecule has 3 heterocycles. The number of nitrogens with zero attached hydrogens (tertiary/aromatic N) is 3. The minimum Gasteiger partial charge on any atom is -0.357 e. The van der Waals surface area contributed by atoms with Gasteiger partial charge in [0.2, 0.25) is 5.91 Å². The van der Waals surface area contributed by atoms with E-state index in [-0.39, 0.29) is 11.8 Å². The number of H-pyrrole nitrogens is 1. The molecular formula is C23H22Cl2N4OS. The fraction of sp³-hybridized carbons (Fsp3) is 0.304. The van der Waals surface area contributed by atoms with Crippen LogP contribution in [0.2, 0.25) is 10.0 Å². The molecule has 1 aliphatic rings. The van der Waals surface area contributed by atoms with Crippen molar-refractivity contribution in [2.24, 2.45) is 0 Å². The molecule has 5 rings (SSSR count). The van der Waals surface area contributed by atoms with Crippen LogP contribution >= 0.6 is 34.5 Å². The number of rotatable bonds is 4. The van der Waals surface area contributed by atoms with Gasteiger partial charge in [-0.2, -0.15) is 0 Å². The number of carbonyl (C=O) groups is 1. The first-order chi connectivity index (χ1) is 15.0. The number of fused-ring (bicyclic) bond motifs is 4. The van der Waals surface area contributed by atoms with Gasteiger partial charge < -0.3 is 14.8 Å². The normalized spacial score (nSPS) is 16.1. The summed E-state index contributed by atoms with van der Waals surface area (Å²) in [6, 6.07) is 11.6. The van der Waals surface area contributed by atoms with Gasteiger partial charge in [0.25, 0.3) is 0 Å². The number of halogens is 2. The molecule has 0 bridgehead atoms. The summed E-state index contributed by atoms with van der Waals surface area (Å²) in [4.78, 5) is 26.0. The fourth-order valence-corrected chi connectivity index (χ4v) is 5.88. The first kappa shape index (κ1) is 20.6. The number of likely N-dealkylation sites (N-methyl/N-ethyl adjacent to an activating group) is 1. The van der Waals surface area contributed by atoms with Gasteiger partial charge in [-0.05, 0) is 55.8 Å². The molecule has 2 aromatic carbocycles. The number of thiazole rings is 1. The quantitative estimate of drug-likeness (QED) is 0.392. The van der Waals surface area contributed by atoms with Gasteiger partial charge >= 0.3 is 0 Å². The molecule has 0 saturated heterocycles. The second-order valence-corrected chi connectivity index (χ2v) is 9.64. The number of aromatic nitrogens is 2. The van der Waals surface area contributed by atoms with E-state index in [0.29, 0.717) is 36.2 Å². The predicted molar refractivity (Wildman–Crippen MR) is 130 cm³/mol. The van der Waals surface area contributed by atoms with E-state index in [9.17, 15) is 4.79 Å². The number of hydrogen-bond donors (Lipinski definition) is 1. The van der Waals surface area contributed by atoms with E-state index in [0.717, 1.165) is 37.5 Å². The van der Waals surface area contributed by atoms with Gasteiger partial charge in [0.1, 0.15) is 0 Å². The van der Waals surface area contributed by atoms with E-state index >= 15 is 0 Å². The maximum atomic E-state index is 13.6. The Balaban J connectivity index is 1.62. The lowest BCUT2D eigenvalue weighted by Gasteiger charge is -2.34. The van der Waals surface area contributed by atoms with E-state index in [1.165, 1.54) is 0 Å². The number of hydrogen-bond acceptors (Lipinski definition) is 4. The number of anilines is 1. The Bertz CT molecular complexity index is 1290. The summed E-state index contributed by atoms with van der Waals surface area (Å²) < 4.78 is 1.04. The fourth-order valence-electron chi connectivity index (χ4n) is 4.46. The van der Waals surface area contributed by atoms with Crippen LogP contribution in [0.3, 0.4) is 0 Å². The van der Waals surface area contributed by atoms with E-state index < -0.39 is 0 Å². The molecule has 1 N–H and O–H groups in total. The van der Waals surface area contributed by atoms with Crippen molar-refractivity contribution in [1.82, 2.24) is 14.9 Å². The SMILES string of the molecule is CCN(CC)C(=O)C1CN(c2nc3ccc(Cl)cc3s2)Cc2[nH]c3ccc(Cl)cc3c21. The van der Waals surface area contributed by atoms with Crippen LogP contribution < -0.4 is 4.90 Å². The van der Waals surface area contributed by atoms with Crippen LogP contribution in [0.1, 0.15) is 31.0 Å². The van der Waals surface area contributed by atoms with Crippen LogP contribution in [0.4, 0.5) is 5.13 Å². The summed E-state index contributed by atoms with van der Waals surface area (Å²) in [5, 5.41) is 3.31. The Labute approximate surface area is 194 Å². The third kappa shape index (κ3) is 3.56. The van der Waals surface area contributed by atoms with Crippen LogP contribution in [0.5, 0.6) is 0 Å². The largest absolute Gasteiger partial charge is 0.357 e. The van der Waals surface area contributed by atoms with Crippen molar-refractivity contribution in [2.75, 3.05) is 24.5 Å². The van der Waals surface area contributed by atoms with Crippen molar-refractivity contribution in [1.29, 1.82) is 0 Å². The van der Waals surface area contributed by atoms with E-state index in [1.54, 1.807) is 11.3 Å². The standard InChI is InChI=1S/C23H22Cl2N4OS/c1-3-28(4-2)22(30)16-11-29(23-27-18-8-6-14(25)10-20(18)31-23)12-19-21(16)15-9-13(24)5-7-17(15)26-19/h5-10,16,26H,3-4,11-12H2,1-2H3. The summed E-state index contributed by atoms with van der Waals surface area (Å²) in [6.45, 7) is 6.65. The zero-order valence-electron chi connectivity index (χ0n) is 17.3. The molecule has 4 aromatic rings. The van der Waals surface area contributed by atoms with Gasteiger partial charge in [-0.25, -0.2) is 4.98 Å². The Morgan fingerprint density at radius 2 is 1.94 bits per heavy atom. The van der Waals surface area contributed by atoms with E-state index in [2.05, 4.69) is 9.88 Å². The molecule has 1 unspecified atom stereocenters. The maximum absolute atomic E-state index is 13.6. The molecule has 8 heteroatoms. The summed E-state index contributed by atoms with van der Waals surface area (Å²) in [7, 11) is 0. The van der Waals surface area contributed by atoms with Crippen molar-refractivity contribution in [3.63, 3.8) is 0 Å². The Kier molecular flexibility index (Phi) is 5.32. The van der Waals surface area contributed by atoms with Gasteiger partial charge in [-0.15, -0.1) is 0 Å². The van der Waals surface area contributed by atoms with Crippen molar-refractivity contribution in [3.8, 4) is 0 Å². The van der Waals surface area contributed by atoms with E-state index in [1.807, 2.05) is 55.1 Å². The third-order valence-electron chi connectivity index (χ3n) is 5.97. The third-order valence-corrected chi connectivity index (χ3v) is 7.51. The topological polar surface area (TPSA) is 52.2 Å². The molecule has 0 spiro atoms. The highest BCUT2D eigenvalue weighted by Crippen LogP contribution is 2.40. The predicted octanol–water partition coefficient (Wildman–Crippen LogP) is 6.06. The number of carbonyl (C=O) groups excluding carboxylic acids is 1. The van der Waals surface area contributed by atoms with Gasteiger partial charge in [0, 0.05) is 46.3 Å². The van der Waals surface area contributed by atoms with E-state index in [4.69, 9.17) is 28.2 Å². The van der Waals surface area contributed by atoms with Crippen molar-refractivity contribution < 1.29 is 4.79 Å². The molecule has 0 radical (unpaired) electrons. The minimum absolute atomic E-state index is 0.140. The molecule has 1 atom stereocenters. The van der Waals surface area contributed by atoms with Crippen molar-refractivity contribution in [3.05, 3.63) is 57.7 Å². The molecular weight excluding hydrogens is 451 g/mol. The number of aromatic amines is 1. The molecule has 0 aliphatic carbocycles. The van der Waals surface area contributed by atoms with Gasteiger partial charge in [0.15, 0.2) is 5.13 Å².